The highest BCUT2D eigenvalue weighted by atomic mass is 127. The first-order valence-electron chi connectivity index (χ1n) is 11.3. The van der Waals surface area contributed by atoms with E-state index >= 15 is 0 Å². The summed E-state index contributed by atoms with van der Waals surface area (Å²) in [5.41, 5.74) is 0.180. The third kappa shape index (κ3) is 9.70. The van der Waals surface area contributed by atoms with Gasteiger partial charge in [-0.25, -0.2) is 0 Å². The van der Waals surface area contributed by atoms with Crippen molar-refractivity contribution in [3.05, 3.63) is 0 Å². The first kappa shape index (κ1) is 26.9. The molecule has 2 rings (SSSR count). The number of aliphatic imine (C=N–C) groups is 1. The van der Waals surface area contributed by atoms with Gasteiger partial charge in [0.1, 0.15) is 0 Å². The van der Waals surface area contributed by atoms with Crippen LogP contribution in [0.15, 0.2) is 4.99 Å². The Morgan fingerprint density at radius 1 is 1.17 bits per heavy atom. The molecule has 0 aromatic rings. The number of piperazine rings is 1. The lowest BCUT2D eigenvalue weighted by atomic mass is 9.78. The molecule has 172 valence electrons. The van der Waals surface area contributed by atoms with Crippen molar-refractivity contribution in [2.45, 2.75) is 53.6 Å². The van der Waals surface area contributed by atoms with Crippen molar-refractivity contribution in [3.63, 3.8) is 0 Å². The molecule has 2 heterocycles. The summed E-state index contributed by atoms with van der Waals surface area (Å²) in [7, 11) is 2.21. The second kappa shape index (κ2) is 13.3. The summed E-state index contributed by atoms with van der Waals surface area (Å²) in [6.45, 7) is 20.8. The Bertz CT molecular complexity index is 474. The number of nitrogens with zero attached hydrogens (tertiary/aromatic N) is 3. The van der Waals surface area contributed by atoms with E-state index in [1.54, 1.807) is 0 Å². The smallest absolute Gasteiger partial charge is 0.191 e. The van der Waals surface area contributed by atoms with Crippen LogP contribution in [0.25, 0.3) is 0 Å². The molecule has 0 bridgehead atoms. The van der Waals surface area contributed by atoms with Crippen LogP contribution in [0.3, 0.4) is 0 Å². The summed E-state index contributed by atoms with van der Waals surface area (Å²) < 4.78 is 6.13. The number of nitrogens with one attached hydrogen (secondary N) is 2. The number of ether oxygens (including phenoxy) is 1. The van der Waals surface area contributed by atoms with Crippen LogP contribution in [-0.4, -0.2) is 87.9 Å². The molecule has 3 unspecified atom stereocenters. The summed E-state index contributed by atoms with van der Waals surface area (Å²) in [4.78, 5) is 9.87. The Kier molecular flexibility index (Phi) is 12.4. The quantitative estimate of drug-likeness (QED) is 0.306. The predicted molar refractivity (Wildman–Crippen MR) is 134 cm³/mol. The van der Waals surface area contributed by atoms with Crippen LogP contribution in [0.2, 0.25) is 0 Å². The van der Waals surface area contributed by atoms with Crippen molar-refractivity contribution in [1.82, 2.24) is 20.4 Å². The third-order valence-electron chi connectivity index (χ3n) is 5.90. The van der Waals surface area contributed by atoms with Crippen LogP contribution >= 0.6 is 24.0 Å². The molecule has 0 radical (unpaired) electrons. The van der Waals surface area contributed by atoms with E-state index in [9.17, 15) is 0 Å². The Morgan fingerprint density at radius 3 is 2.48 bits per heavy atom. The minimum Gasteiger partial charge on any atom is -0.377 e. The van der Waals surface area contributed by atoms with E-state index in [-0.39, 0.29) is 29.4 Å². The molecule has 0 saturated carbocycles. The van der Waals surface area contributed by atoms with Gasteiger partial charge in [0, 0.05) is 64.9 Å². The predicted octanol–water partition coefficient (Wildman–Crippen LogP) is 2.88. The van der Waals surface area contributed by atoms with E-state index in [1.807, 2.05) is 0 Å². The lowest BCUT2D eigenvalue weighted by Crippen LogP contribution is -2.48. The van der Waals surface area contributed by atoms with Gasteiger partial charge in [-0.3, -0.25) is 4.99 Å². The van der Waals surface area contributed by atoms with Gasteiger partial charge in [-0.2, -0.15) is 0 Å². The summed E-state index contributed by atoms with van der Waals surface area (Å²) in [5, 5.41) is 7.01. The van der Waals surface area contributed by atoms with Gasteiger partial charge >= 0.3 is 0 Å². The van der Waals surface area contributed by atoms with Crippen LogP contribution in [0.1, 0.15) is 47.5 Å². The highest BCUT2D eigenvalue weighted by molar-refractivity contribution is 14.0. The highest BCUT2D eigenvalue weighted by Gasteiger charge is 2.35. The van der Waals surface area contributed by atoms with E-state index in [0.29, 0.717) is 17.9 Å². The maximum Gasteiger partial charge on any atom is 0.191 e. The van der Waals surface area contributed by atoms with Gasteiger partial charge in [-0.15, -0.1) is 24.0 Å². The van der Waals surface area contributed by atoms with Gasteiger partial charge < -0.3 is 25.2 Å². The molecule has 0 aromatic carbocycles. The van der Waals surface area contributed by atoms with Gasteiger partial charge in [0.2, 0.25) is 0 Å². The molecule has 2 saturated heterocycles. The standard InChI is InChI=1S/C22H45N5O.HI/c1-7-23-21(24-15-18(2)17-27-12-10-26(6)11-13-27)25-16-19-9-8-14-28-20(19)22(3,4)5;/h18-20H,7-17H2,1-6H3,(H2,23,24,25);1H. The van der Waals surface area contributed by atoms with Crippen molar-refractivity contribution in [3.8, 4) is 0 Å². The summed E-state index contributed by atoms with van der Waals surface area (Å²) in [6, 6.07) is 0. The van der Waals surface area contributed by atoms with E-state index in [4.69, 9.17) is 9.73 Å². The molecule has 0 amide bonds. The zero-order chi connectivity index (χ0) is 20.6. The van der Waals surface area contributed by atoms with Crippen LogP contribution < -0.4 is 10.6 Å². The molecule has 6 nitrogen and oxygen atoms in total. The summed E-state index contributed by atoms with van der Waals surface area (Å²) in [6.07, 6.45) is 2.70. The molecule has 0 aliphatic carbocycles. The van der Waals surface area contributed by atoms with E-state index < -0.39 is 0 Å². The van der Waals surface area contributed by atoms with Gasteiger partial charge in [0.25, 0.3) is 0 Å². The Balaban J connectivity index is 0.00000420. The largest absolute Gasteiger partial charge is 0.377 e. The summed E-state index contributed by atoms with van der Waals surface area (Å²) >= 11 is 0. The van der Waals surface area contributed by atoms with E-state index in [0.717, 1.165) is 45.2 Å². The number of likely N-dealkylation sites (N-methyl/N-ethyl adjacent to an activating group) is 1. The van der Waals surface area contributed by atoms with E-state index in [1.165, 1.54) is 32.6 Å². The Hall–Kier alpha value is -0.120. The summed E-state index contributed by atoms with van der Waals surface area (Å²) in [5.74, 6) is 2.06. The number of halogens is 1. The van der Waals surface area contributed by atoms with Gasteiger partial charge in [0.15, 0.2) is 5.96 Å². The topological polar surface area (TPSA) is 52.1 Å². The zero-order valence-corrected chi connectivity index (χ0v) is 22.0. The van der Waals surface area contributed by atoms with Crippen molar-refractivity contribution in [2.75, 3.05) is 66.0 Å². The molecular formula is C22H46IN5O. The van der Waals surface area contributed by atoms with Crippen molar-refractivity contribution in [1.29, 1.82) is 0 Å². The molecule has 7 heteroatoms. The second-order valence-electron chi connectivity index (χ2n) is 9.87. The lowest BCUT2D eigenvalue weighted by molar-refractivity contribution is -0.0835. The highest BCUT2D eigenvalue weighted by Crippen LogP contribution is 2.33. The molecule has 0 aromatic heterocycles. The fourth-order valence-electron chi connectivity index (χ4n) is 4.36. The van der Waals surface area contributed by atoms with Crippen LogP contribution in [0.4, 0.5) is 0 Å². The maximum atomic E-state index is 6.13. The minimum absolute atomic E-state index is 0. The molecule has 3 atom stereocenters. The molecule has 2 aliphatic rings. The molecule has 2 aliphatic heterocycles. The average Bonchev–Trinajstić information content (AvgIpc) is 2.65. The first-order chi connectivity index (χ1) is 13.3. The average molecular weight is 524 g/mol. The van der Waals surface area contributed by atoms with Gasteiger partial charge in [-0.1, -0.05) is 27.7 Å². The monoisotopic (exact) mass is 523 g/mol. The van der Waals surface area contributed by atoms with E-state index in [2.05, 4.69) is 62.1 Å². The van der Waals surface area contributed by atoms with Crippen LogP contribution in [-0.2, 0) is 4.74 Å². The number of hydrogen-bond acceptors (Lipinski definition) is 4. The van der Waals surface area contributed by atoms with Crippen LogP contribution in [0, 0.1) is 17.3 Å². The lowest BCUT2D eigenvalue weighted by Gasteiger charge is -2.40. The number of guanidine groups is 1. The van der Waals surface area contributed by atoms with Crippen LogP contribution in [0.5, 0.6) is 0 Å². The van der Waals surface area contributed by atoms with Crippen molar-refractivity contribution < 1.29 is 4.74 Å². The molecular weight excluding hydrogens is 477 g/mol. The Morgan fingerprint density at radius 2 is 1.86 bits per heavy atom. The number of hydrogen-bond donors (Lipinski definition) is 2. The SMILES string of the molecule is CCNC(=NCC(C)CN1CCN(C)CC1)NCC1CCCOC1C(C)(C)C.I. The first-order valence-corrected chi connectivity index (χ1v) is 11.3. The van der Waals surface area contributed by atoms with Gasteiger partial charge in [-0.05, 0) is 38.1 Å². The Labute approximate surface area is 196 Å². The molecule has 0 spiro atoms. The third-order valence-corrected chi connectivity index (χ3v) is 5.90. The fourth-order valence-corrected chi connectivity index (χ4v) is 4.36. The molecule has 2 N–H and O–H groups in total. The minimum atomic E-state index is 0. The number of rotatable bonds is 7. The maximum absolute atomic E-state index is 6.13. The van der Waals surface area contributed by atoms with Crippen molar-refractivity contribution in [2.24, 2.45) is 22.2 Å². The molecule has 2 fully saturated rings. The normalized spacial score (nSPS) is 25.9. The second-order valence-corrected chi connectivity index (χ2v) is 9.87. The zero-order valence-electron chi connectivity index (χ0n) is 19.7. The van der Waals surface area contributed by atoms with Crippen molar-refractivity contribution >= 4 is 29.9 Å². The van der Waals surface area contributed by atoms with Gasteiger partial charge in [0.05, 0.1) is 6.10 Å². The fraction of sp³-hybridized carbons (Fsp3) is 0.955. The molecule has 29 heavy (non-hydrogen) atoms.